The number of aromatic amines is 1. The number of carbonyl (C=O) groups is 1. The van der Waals surface area contributed by atoms with E-state index in [2.05, 4.69) is 20.9 Å². The number of carbonyl (C=O) groups excluding carboxylic acids is 1. The number of fused-ring (bicyclic) bond motifs is 2. The molecule has 4 aromatic rings. The molecule has 2 aliphatic rings. The molecular weight excluding hydrogens is 402 g/mol. The SMILES string of the molecule is NC(=O)c1nccc2[nH]c(-c3cc4ccccc4nc3N3CCC4(CC3)CC4)cc(=O)c12. The van der Waals surface area contributed by atoms with Crippen LogP contribution in [-0.4, -0.2) is 33.9 Å². The highest BCUT2D eigenvalue weighted by atomic mass is 16.1. The van der Waals surface area contributed by atoms with E-state index in [1.807, 2.05) is 24.3 Å². The molecule has 0 bridgehead atoms. The van der Waals surface area contributed by atoms with Crippen molar-refractivity contribution in [3.8, 4) is 11.3 Å². The number of rotatable bonds is 3. The first kappa shape index (κ1) is 19.0. The minimum Gasteiger partial charge on any atom is -0.364 e. The molecule has 0 unspecified atom stereocenters. The van der Waals surface area contributed by atoms with Gasteiger partial charge in [0.2, 0.25) is 0 Å². The first-order valence-electron chi connectivity index (χ1n) is 11.0. The number of amides is 1. The predicted molar refractivity (Wildman–Crippen MR) is 125 cm³/mol. The zero-order chi connectivity index (χ0) is 21.9. The van der Waals surface area contributed by atoms with Crippen LogP contribution < -0.4 is 16.1 Å². The van der Waals surface area contributed by atoms with Gasteiger partial charge in [-0.2, -0.15) is 0 Å². The second-order valence-electron chi connectivity index (χ2n) is 9.03. The number of para-hydroxylation sites is 1. The van der Waals surface area contributed by atoms with Crippen molar-refractivity contribution in [3.63, 3.8) is 0 Å². The van der Waals surface area contributed by atoms with Crippen LogP contribution in [0.2, 0.25) is 0 Å². The first-order valence-corrected chi connectivity index (χ1v) is 11.0. The molecule has 2 fully saturated rings. The van der Waals surface area contributed by atoms with E-state index >= 15 is 0 Å². The van der Waals surface area contributed by atoms with Crippen LogP contribution in [0.4, 0.5) is 5.82 Å². The van der Waals surface area contributed by atoms with Crippen LogP contribution >= 0.6 is 0 Å². The normalized spacial score (nSPS) is 17.2. The Balaban J connectivity index is 1.54. The molecule has 0 atom stereocenters. The Labute approximate surface area is 184 Å². The number of hydrogen-bond acceptors (Lipinski definition) is 5. The average Bonchev–Trinajstić information content (AvgIpc) is 3.57. The van der Waals surface area contributed by atoms with Gasteiger partial charge in [0.05, 0.1) is 22.1 Å². The largest absolute Gasteiger partial charge is 0.364 e. The quantitative estimate of drug-likeness (QED) is 0.522. The number of nitrogens with two attached hydrogens (primary N) is 1. The summed E-state index contributed by atoms with van der Waals surface area (Å²) in [6.45, 7) is 1.93. The van der Waals surface area contributed by atoms with Gasteiger partial charge >= 0.3 is 0 Å². The van der Waals surface area contributed by atoms with E-state index in [0.29, 0.717) is 16.6 Å². The van der Waals surface area contributed by atoms with Crippen LogP contribution in [0.3, 0.4) is 0 Å². The molecule has 1 saturated heterocycles. The van der Waals surface area contributed by atoms with Gasteiger partial charge in [0.1, 0.15) is 11.5 Å². The molecule has 1 aliphatic carbocycles. The maximum atomic E-state index is 13.0. The minimum atomic E-state index is -0.718. The molecule has 3 aromatic heterocycles. The summed E-state index contributed by atoms with van der Waals surface area (Å²) in [4.78, 5) is 39.5. The van der Waals surface area contributed by atoms with Gasteiger partial charge in [-0.1, -0.05) is 18.2 Å². The maximum absolute atomic E-state index is 13.0. The van der Waals surface area contributed by atoms with E-state index < -0.39 is 5.91 Å². The zero-order valence-corrected chi connectivity index (χ0v) is 17.6. The van der Waals surface area contributed by atoms with Crippen molar-refractivity contribution in [3.05, 3.63) is 64.6 Å². The Morgan fingerprint density at radius 1 is 1.06 bits per heavy atom. The molecule has 6 rings (SSSR count). The van der Waals surface area contributed by atoms with E-state index in [0.717, 1.165) is 35.4 Å². The van der Waals surface area contributed by atoms with Gasteiger partial charge in [-0.15, -0.1) is 0 Å². The molecule has 1 amide bonds. The first-order chi connectivity index (χ1) is 15.5. The lowest BCUT2D eigenvalue weighted by molar-refractivity contribution is 0.0997. The average molecular weight is 425 g/mol. The number of hydrogen-bond donors (Lipinski definition) is 2. The van der Waals surface area contributed by atoms with Gasteiger partial charge in [0.25, 0.3) is 5.91 Å². The highest BCUT2D eigenvalue weighted by Crippen LogP contribution is 2.54. The number of H-pyrrole nitrogens is 1. The lowest BCUT2D eigenvalue weighted by Crippen LogP contribution is -2.35. The van der Waals surface area contributed by atoms with Crippen molar-refractivity contribution in [2.45, 2.75) is 25.7 Å². The van der Waals surface area contributed by atoms with Crippen molar-refractivity contribution >= 4 is 33.5 Å². The molecule has 7 nitrogen and oxygen atoms in total. The molecule has 1 aliphatic heterocycles. The van der Waals surface area contributed by atoms with E-state index in [-0.39, 0.29) is 16.5 Å². The molecule has 3 N–H and O–H groups in total. The third kappa shape index (κ3) is 3.04. The summed E-state index contributed by atoms with van der Waals surface area (Å²) in [7, 11) is 0. The number of primary amides is 1. The molecular formula is C25H23N5O2. The smallest absolute Gasteiger partial charge is 0.268 e. The van der Waals surface area contributed by atoms with Gasteiger partial charge in [0, 0.05) is 36.3 Å². The van der Waals surface area contributed by atoms with Crippen molar-refractivity contribution in [1.29, 1.82) is 0 Å². The van der Waals surface area contributed by atoms with E-state index in [1.165, 1.54) is 37.9 Å². The Hall–Kier alpha value is -3.74. The minimum absolute atomic E-state index is 0.0158. The third-order valence-corrected chi connectivity index (χ3v) is 7.05. The number of benzene rings is 1. The molecule has 32 heavy (non-hydrogen) atoms. The summed E-state index contributed by atoms with van der Waals surface area (Å²) in [5.74, 6) is 0.169. The number of aromatic nitrogens is 3. The Morgan fingerprint density at radius 3 is 2.59 bits per heavy atom. The zero-order valence-electron chi connectivity index (χ0n) is 17.6. The molecule has 1 spiro atoms. The lowest BCUT2D eigenvalue weighted by Gasteiger charge is -2.34. The number of pyridine rings is 3. The molecule has 160 valence electrons. The summed E-state index contributed by atoms with van der Waals surface area (Å²) in [5, 5.41) is 1.23. The fraction of sp³-hybridized carbons (Fsp3) is 0.280. The fourth-order valence-corrected chi connectivity index (χ4v) is 4.95. The van der Waals surface area contributed by atoms with Gasteiger partial charge in [-0.05, 0) is 49.3 Å². The number of nitrogens with zero attached hydrogens (tertiary/aromatic N) is 3. The summed E-state index contributed by atoms with van der Waals surface area (Å²) in [6, 6.07) is 13.3. The number of nitrogens with one attached hydrogen (secondary N) is 1. The Bertz CT molecular complexity index is 1440. The number of anilines is 1. The van der Waals surface area contributed by atoms with Crippen LogP contribution in [0, 0.1) is 5.41 Å². The highest BCUT2D eigenvalue weighted by Gasteiger charge is 2.44. The molecule has 0 radical (unpaired) electrons. The summed E-state index contributed by atoms with van der Waals surface area (Å²) < 4.78 is 0. The van der Waals surface area contributed by atoms with Gasteiger partial charge in [0.15, 0.2) is 5.43 Å². The summed E-state index contributed by atoms with van der Waals surface area (Å²) in [5.41, 5.74) is 8.71. The van der Waals surface area contributed by atoms with E-state index in [1.54, 1.807) is 6.07 Å². The molecule has 1 aromatic carbocycles. The van der Waals surface area contributed by atoms with Crippen LogP contribution in [0.15, 0.2) is 53.5 Å². The lowest BCUT2D eigenvalue weighted by atomic mass is 9.93. The standard InChI is InChI=1S/C25H23N5O2/c26-23(32)22-21-18(5-10-27-22)28-19(14-20(21)31)16-13-15-3-1-2-4-17(15)29-24(16)30-11-8-25(6-7-25)9-12-30/h1-5,10,13-14H,6-9,11-12H2,(H2,26,32)(H,28,31). The second kappa shape index (κ2) is 6.88. The van der Waals surface area contributed by atoms with Crippen molar-refractivity contribution < 1.29 is 4.79 Å². The number of piperidine rings is 1. The van der Waals surface area contributed by atoms with Crippen LogP contribution in [0.25, 0.3) is 33.1 Å². The summed E-state index contributed by atoms with van der Waals surface area (Å²) >= 11 is 0. The monoisotopic (exact) mass is 425 g/mol. The van der Waals surface area contributed by atoms with Gasteiger partial charge in [-0.3, -0.25) is 14.6 Å². The molecule has 7 heteroatoms. The second-order valence-corrected chi connectivity index (χ2v) is 9.03. The maximum Gasteiger partial charge on any atom is 0.268 e. The van der Waals surface area contributed by atoms with Crippen LogP contribution in [0.5, 0.6) is 0 Å². The van der Waals surface area contributed by atoms with Crippen molar-refractivity contribution in [2.24, 2.45) is 11.1 Å². The summed E-state index contributed by atoms with van der Waals surface area (Å²) in [6.07, 6.45) is 6.53. The molecule has 4 heterocycles. The topological polar surface area (TPSA) is 105 Å². The van der Waals surface area contributed by atoms with Gasteiger partial charge in [-0.25, -0.2) is 4.98 Å². The highest BCUT2D eigenvalue weighted by molar-refractivity contribution is 6.04. The predicted octanol–water partition coefficient (Wildman–Crippen LogP) is 3.62. The van der Waals surface area contributed by atoms with Crippen LogP contribution in [0.1, 0.15) is 36.2 Å². The van der Waals surface area contributed by atoms with E-state index in [4.69, 9.17) is 10.7 Å². The Morgan fingerprint density at radius 2 is 1.84 bits per heavy atom. The van der Waals surface area contributed by atoms with Gasteiger partial charge < -0.3 is 15.6 Å². The Kier molecular flexibility index (Phi) is 4.08. The van der Waals surface area contributed by atoms with Crippen molar-refractivity contribution in [2.75, 3.05) is 18.0 Å². The third-order valence-electron chi connectivity index (χ3n) is 7.05. The van der Waals surface area contributed by atoms with E-state index in [9.17, 15) is 9.59 Å². The molecule has 1 saturated carbocycles. The van der Waals surface area contributed by atoms with Crippen LogP contribution in [-0.2, 0) is 0 Å². The van der Waals surface area contributed by atoms with Crippen molar-refractivity contribution in [1.82, 2.24) is 15.0 Å². The fourth-order valence-electron chi connectivity index (χ4n) is 4.95.